The summed E-state index contributed by atoms with van der Waals surface area (Å²) in [5.74, 6) is -2.34. The van der Waals surface area contributed by atoms with Gasteiger partial charge in [0.25, 0.3) is 0 Å². The summed E-state index contributed by atoms with van der Waals surface area (Å²) < 4.78 is 0. The third kappa shape index (κ3) is 6.23. The summed E-state index contributed by atoms with van der Waals surface area (Å²) in [7, 11) is 0. The SMILES string of the molecule is O=C(O)CC(Cl)N(c1ccccc1CC(O)O)C(Cl)CC(=O)O. The lowest BCUT2D eigenvalue weighted by Crippen LogP contribution is -2.40. The Hall–Kier alpha value is -1.54. The first-order valence-corrected chi connectivity index (χ1v) is 7.53. The predicted octanol–water partition coefficient (Wildman–Crippen LogP) is 1.43. The molecule has 1 rings (SSSR count). The number of aliphatic carboxylic acids is 2. The first-order valence-electron chi connectivity index (χ1n) is 6.66. The van der Waals surface area contributed by atoms with Crippen LogP contribution < -0.4 is 4.90 Å². The molecule has 1 aromatic carbocycles. The number of anilines is 1. The highest BCUT2D eigenvalue weighted by Crippen LogP contribution is 2.31. The van der Waals surface area contributed by atoms with Crippen LogP contribution in [0.2, 0.25) is 0 Å². The van der Waals surface area contributed by atoms with Crippen LogP contribution in [0.5, 0.6) is 0 Å². The van der Waals surface area contributed by atoms with Gasteiger partial charge in [-0.05, 0) is 11.6 Å². The number of carboxylic acids is 2. The minimum Gasteiger partial charge on any atom is -0.481 e. The van der Waals surface area contributed by atoms with E-state index >= 15 is 0 Å². The van der Waals surface area contributed by atoms with Crippen molar-refractivity contribution in [1.82, 2.24) is 0 Å². The van der Waals surface area contributed by atoms with E-state index in [2.05, 4.69) is 0 Å². The second-order valence-corrected chi connectivity index (χ2v) is 5.79. The van der Waals surface area contributed by atoms with Crippen molar-refractivity contribution in [3.63, 3.8) is 0 Å². The third-order valence-corrected chi connectivity index (χ3v) is 3.69. The Labute approximate surface area is 142 Å². The van der Waals surface area contributed by atoms with Crippen LogP contribution in [-0.2, 0) is 16.0 Å². The number of benzene rings is 1. The van der Waals surface area contributed by atoms with Crippen molar-refractivity contribution >= 4 is 40.8 Å². The van der Waals surface area contributed by atoms with Crippen molar-refractivity contribution in [2.75, 3.05) is 4.90 Å². The smallest absolute Gasteiger partial charge is 0.306 e. The number of hydrogen-bond donors (Lipinski definition) is 4. The quantitative estimate of drug-likeness (QED) is 0.297. The zero-order valence-corrected chi connectivity index (χ0v) is 13.5. The number of nitrogens with zero attached hydrogens (tertiary/aromatic N) is 1. The number of para-hydroxylation sites is 1. The van der Waals surface area contributed by atoms with Gasteiger partial charge in [0.2, 0.25) is 0 Å². The molecule has 2 atom stereocenters. The average Bonchev–Trinajstić information content (AvgIpc) is 2.38. The molecule has 0 amide bonds. The molecule has 0 saturated carbocycles. The van der Waals surface area contributed by atoms with Crippen LogP contribution in [0.4, 0.5) is 5.69 Å². The summed E-state index contributed by atoms with van der Waals surface area (Å²) in [6.45, 7) is 0. The Morgan fingerprint density at radius 2 is 1.48 bits per heavy atom. The summed E-state index contributed by atoms with van der Waals surface area (Å²) in [5.41, 5.74) is -1.41. The Bertz CT molecular complexity index is 532. The molecule has 2 unspecified atom stereocenters. The van der Waals surface area contributed by atoms with Crippen LogP contribution in [0.3, 0.4) is 0 Å². The average molecular weight is 366 g/mol. The molecule has 0 fully saturated rings. The van der Waals surface area contributed by atoms with Gasteiger partial charge >= 0.3 is 11.9 Å². The molecule has 0 bridgehead atoms. The number of halogens is 2. The molecule has 128 valence electrons. The van der Waals surface area contributed by atoms with Gasteiger partial charge in [-0.2, -0.15) is 0 Å². The summed E-state index contributed by atoms with van der Waals surface area (Å²) in [5, 5.41) is 36.1. The number of rotatable bonds is 9. The molecule has 0 spiro atoms. The van der Waals surface area contributed by atoms with Gasteiger partial charge in [0.1, 0.15) is 11.0 Å². The first kappa shape index (κ1) is 19.5. The van der Waals surface area contributed by atoms with Crippen molar-refractivity contribution in [3.05, 3.63) is 29.8 Å². The highest BCUT2D eigenvalue weighted by molar-refractivity contribution is 6.26. The number of carboxylic acid groups (broad SMARTS) is 2. The predicted molar refractivity (Wildman–Crippen MR) is 84.6 cm³/mol. The van der Waals surface area contributed by atoms with E-state index in [4.69, 9.17) is 43.6 Å². The van der Waals surface area contributed by atoms with Gasteiger partial charge in [0, 0.05) is 12.1 Å². The Morgan fingerprint density at radius 3 is 1.91 bits per heavy atom. The van der Waals surface area contributed by atoms with Gasteiger partial charge in [-0.1, -0.05) is 41.4 Å². The van der Waals surface area contributed by atoms with Gasteiger partial charge in [-0.15, -0.1) is 0 Å². The molecule has 23 heavy (non-hydrogen) atoms. The molecule has 0 aliphatic carbocycles. The minimum absolute atomic E-state index is 0.139. The zero-order valence-electron chi connectivity index (χ0n) is 12.0. The maximum absolute atomic E-state index is 10.9. The molecule has 4 N–H and O–H groups in total. The largest absolute Gasteiger partial charge is 0.481 e. The Morgan fingerprint density at radius 1 is 1.00 bits per heavy atom. The number of alkyl halides is 2. The van der Waals surface area contributed by atoms with Crippen LogP contribution in [-0.4, -0.2) is 49.7 Å². The standard InChI is InChI=1S/C14H17Cl2NO6/c15-10(6-13(20)21)17(11(16)7-14(22)23)9-4-2-1-3-8(9)5-12(18)19/h1-4,10-12,18-19H,5-7H2,(H,20,21)(H,22,23). The fraction of sp³-hybridized carbons (Fsp3) is 0.429. The van der Waals surface area contributed by atoms with Gasteiger partial charge in [-0.25, -0.2) is 0 Å². The molecule has 0 radical (unpaired) electrons. The lowest BCUT2D eigenvalue weighted by molar-refractivity contribution is -0.137. The first-order chi connectivity index (χ1) is 10.7. The van der Waals surface area contributed by atoms with E-state index in [9.17, 15) is 9.59 Å². The second kappa shape index (κ2) is 8.93. The zero-order chi connectivity index (χ0) is 17.6. The highest BCUT2D eigenvalue weighted by atomic mass is 35.5. The van der Waals surface area contributed by atoms with Gasteiger partial charge in [-0.3, -0.25) is 9.59 Å². The number of hydrogen-bond acceptors (Lipinski definition) is 5. The highest BCUT2D eigenvalue weighted by Gasteiger charge is 2.29. The van der Waals surface area contributed by atoms with E-state index in [0.717, 1.165) is 0 Å². The molecular formula is C14H17Cl2NO6. The van der Waals surface area contributed by atoms with Crippen LogP contribution in [0.15, 0.2) is 24.3 Å². The molecule has 0 aliphatic rings. The van der Waals surface area contributed by atoms with E-state index in [1.165, 1.54) is 4.90 Å². The molecule has 7 nitrogen and oxygen atoms in total. The number of aliphatic hydroxyl groups is 2. The van der Waals surface area contributed by atoms with Crippen molar-refractivity contribution in [2.45, 2.75) is 36.6 Å². The lowest BCUT2D eigenvalue weighted by Gasteiger charge is -2.34. The minimum atomic E-state index is -1.63. The molecule has 0 aliphatic heterocycles. The summed E-state index contributed by atoms with van der Waals surface area (Å²) in [4.78, 5) is 23.1. The maximum Gasteiger partial charge on any atom is 0.306 e. The fourth-order valence-electron chi connectivity index (χ4n) is 2.09. The monoisotopic (exact) mass is 365 g/mol. The van der Waals surface area contributed by atoms with E-state index in [1.54, 1.807) is 24.3 Å². The van der Waals surface area contributed by atoms with Crippen LogP contribution >= 0.6 is 23.2 Å². The van der Waals surface area contributed by atoms with Gasteiger partial charge < -0.3 is 25.3 Å². The number of aliphatic hydroxyl groups excluding tert-OH is 1. The molecule has 1 aromatic rings. The fourth-order valence-corrected chi connectivity index (χ4v) is 2.90. The van der Waals surface area contributed by atoms with E-state index < -0.39 is 42.1 Å². The molecule has 0 heterocycles. The third-order valence-electron chi connectivity index (χ3n) is 2.96. The summed E-state index contributed by atoms with van der Waals surface area (Å²) in [6.07, 6.45) is -2.71. The number of carbonyl (C=O) groups is 2. The van der Waals surface area contributed by atoms with Gasteiger partial charge in [0.05, 0.1) is 12.8 Å². The Balaban J connectivity index is 3.22. The Kier molecular flexibility index (Phi) is 7.57. The molecule has 0 aromatic heterocycles. The van der Waals surface area contributed by atoms with E-state index in [-0.39, 0.29) is 6.42 Å². The van der Waals surface area contributed by atoms with Crippen molar-refractivity contribution in [1.29, 1.82) is 0 Å². The van der Waals surface area contributed by atoms with Crippen LogP contribution in [0, 0.1) is 0 Å². The maximum atomic E-state index is 10.9. The van der Waals surface area contributed by atoms with E-state index in [0.29, 0.717) is 11.3 Å². The normalized spacial score (nSPS) is 13.6. The molecular weight excluding hydrogens is 349 g/mol. The summed E-state index contributed by atoms with van der Waals surface area (Å²) >= 11 is 12.2. The molecule has 0 saturated heterocycles. The van der Waals surface area contributed by atoms with Crippen molar-refractivity contribution in [3.8, 4) is 0 Å². The van der Waals surface area contributed by atoms with Crippen molar-refractivity contribution < 1.29 is 30.0 Å². The molecule has 9 heteroatoms. The van der Waals surface area contributed by atoms with Gasteiger partial charge in [0.15, 0.2) is 6.29 Å². The lowest BCUT2D eigenvalue weighted by atomic mass is 10.1. The second-order valence-electron chi connectivity index (χ2n) is 4.79. The van der Waals surface area contributed by atoms with Crippen LogP contribution in [0.1, 0.15) is 18.4 Å². The van der Waals surface area contributed by atoms with E-state index in [1.807, 2.05) is 0 Å². The summed E-state index contributed by atoms with van der Waals surface area (Å²) in [6, 6.07) is 6.44. The van der Waals surface area contributed by atoms with Crippen molar-refractivity contribution in [2.24, 2.45) is 0 Å². The topological polar surface area (TPSA) is 118 Å². The van der Waals surface area contributed by atoms with Crippen LogP contribution in [0.25, 0.3) is 0 Å².